The second-order valence-electron chi connectivity index (χ2n) is 7.07. The van der Waals surface area contributed by atoms with Crippen molar-refractivity contribution in [2.24, 2.45) is 0 Å². The maximum atomic E-state index is 13.2. The van der Waals surface area contributed by atoms with E-state index in [-0.39, 0.29) is 16.8 Å². The van der Waals surface area contributed by atoms with Crippen molar-refractivity contribution in [2.45, 2.75) is 13.1 Å². The normalized spacial score (nSPS) is 13.9. The van der Waals surface area contributed by atoms with Gasteiger partial charge in [-0.1, -0.05) is 24.3 Å². The van der Waals surface area contributed by atoms with E-state index in [1.165, 1.54) is 12.3 Å². The zero-order valence-electron chi connectivity index (χ0n) is 16.0. The van der Waals surface area contributed by atoms with E-state index in [4.69, 9.17) is 0 Å². The summed E-state index contributed by atoms with van der Waals surface area (Å²) < 4.78 is 40.9. The molecule has 1 aliphatic rings. The molecular weight excluding hydrogens is 409 g/mol. The molecule has 0 bridgehead atoms. The SMILES string of the molecule is Cc1nn(-c2ccccc2)c2ncc3c(c12)C(=O)N(c1cccc(C(F)(F)F)c1)C3=O. The van der Waals surface area contributed by atoms with Crippen molar-refractivity contribution in [2.75, 3.05) is 4.90 Å². The first-order valence-electron chi connectivity index (χ1n) is 9.27. The minimum absolute atomic E-state index is 0.0330. The lowest BCUT2D eigenvalue weighted by Gasteiger charge is -2.16. The molecule has 0 aliphatic carbocycles. The van der Waals surface area contributed by atoms with E-state index in [0.717, 1.165) is 28.8 Å². The highest BCUT2D eigenvalue weighted by molar-refractivity contribution is 6.37. The highest BCUT2D eigenvalue weighted by atomic mass is 19.4. The number of carbonyl (C=O) groups is 2. The Balaban J connectivity index is 1.68. The van der Waals surface area contributed by atoms with Gasteiger partial charge in [-0.05, 0) is 37.3 Å². The van der Waals surface area contributed by atoms with Gasteiger partial charge in [-0.15, -0.1) is 0 Å². The highest BCUT2D eigenvalue weighted by Crippen LogP contribution is 2.37. The first-order chi connectivity index (χ1) is 14.8. The molecule has 5 rings (SSSR count). The van der Waals surface area contributed by atoms with Gasteiger partial charge < -0.3 is 0 Å². The van der Waals surface area contributed by atoms with Crippen LogP contribution in [0.15, 0.2) is 60.8 Å². The Hall–Kier alpha value is -4.01. The summed E-state index contributed by atoms with van der Waals surface area (Å²) >= 11 is 0. The third-order valence-electron chi connectivity index (χ3n) is 5.15. The number of carbonyl (C=O) groups excluding carboxylic acids is 2. The van der Waals surface area contributed by atoms with Crippen LogP contribution in [-0.4, -0.2) is 26.6 Å². The number of halogens is 3. The third-order valence-corrected chi connectivity index (χ3v) is 5.15. The second-order valence-corrected chi connectivity index (χ2v) is 7.07. The zero-order chi connectivity index (χ0) is 21.9. The Morgan fingerprint density at radius 2 is 1.61 bits per heavy atom. The van der Waals surface area contributed by atoms with E-state index < -0.39 is 23.6 Å². The van der Waals surface area contributed by atoms with E-state index in [2.05, 4.69) is 10.1 Å². The Bertz CT molecular complexity index is 1380. The lowest BCUT2D eigenvalue weighted by atomic mass is 10.1. The highest BCUT2D eigenvalue weighted by Gasteiger charge is 2.41. The van der Waals surface area contributed by atoms with Crippen LogP contribution < -0.4 is 4.90 Å². The summed E-state index contributed by atoms with van der Waals surface area (Å²) in [6.07, 6.45) is -3.33. The molecule has 1 aliphatic heterocycles. The molecule has 0 radical (unpaired) electrons. The van der Waals surface area contributed by atoms with Crippen LogP contribution >= 0.6 is 0 Å². The van der Waals surface area contributed by atoms with Gasteiger partial charge in [0.25, 0.3) is 11.8 Å². The van der Waals surface area contributed by atoms with Crippen molar-refractivity contribution in [3.8, 4) is 5.69 Å². The predicted molar refractivity (Wildman–Crippen MR) is 106 cm³/mol. The van der Waals surface area contributed by atoms with Gasteiger partial charge >= 0.3 is 6.18 Å². The number of imide groups is 1. The molecule has 0 saturated carbocycles. The zero-order valence-corrected chi connectivity index (χ0v) is 16.0. The fourth-order valence-corrected chi connectivity index (χ4v) is 3.77. The van der Waals surface area contributed by atoms with Crippen LogP contribution in [0, 0.1) is 6.92 Å². The van der Waals surface area contributed by atoms with Crippen LogP contribution in [0.25, 0.3) is 16.7 Å². The lowest BCUT2D eigenvalue weighted by molar-refractivity contribution is -0.137. The molecule has 4 aromatic rings. The minimum atomic E-state index is -4.60. The van der Waals surface area contributed by atoms with E-state index in [1.54, 1.807) is 11.6 Å². The number of rotatable bonds is 2. The van der Waals surface area contributed by atoms with Crippen LogP contribution in [0.1, 0.15) is 32.0 Å². The minimum Gasteiger partial charge on any atom is -0.268 e. The number of aromatic nitrogens is 3. The van der Waals surface area contributed by atoms with Gasteiger partial charge in [0, 0.05) is 6.20 Å². The van der Waals surface area contributed by atoms with Gasteiger partial charge in [-0.3, -0.25) is 9.59 Å². The van der Waals surface area contributed by atoms with Gasteiger partial charge in [0.05, 0.1) is 39.1 Å². The molecule has 2 amide bonds. The smallest absolute Gasteiger partial charge is 0.268 e. The molecule has 9 heteroatoms. The van der Waals surface area contributed by atoms with Crippen molar-refractivity contribution in [3.63, 3.8) is 0 Å². The van der Waals surface area contributed by atoms with Gasteiger partial charge in [0.1, 0.15) is 0 Å². The fraction of sp³-hybridized carbons (Fsp3) is 0.0909. The maximum absolute atomic E-state index is 13.2. The van der Waals surface area contributed by atoms with Crippen molar-refractivity contribution in [1.82, 2.24) is 14.8 Å². The molecule has 3 heterocycles. The first-order valence-corrected chi connectivity index (χ1v) is 9.27. The molecule has 0 N–H and O–H groups in total. The monoisotopic (exact) mass is 422 g/mol. The average Bonchev–Trinajstić information content (AvgIpc) is 3.22. The Morgan fingerprint density at radius 1 is 0.903 bits per heavy atom. The molecule has 0 unspecified atom stereocenters. The van der Waals surface area contributed by atoms with Crippen molar-refractivity contribution in [1.29, 1.82) is 0 Å². The summed E-state index contributed by atoms with van der Waals surface area (Å²) in [7, 11) is 0. The molecule has 2 aromatic carbocycles. The van der Waals surface area contributed by atoms with Crippen LogP contribution in [0.4, 0.5) is 18.9 Å². The van der Waals surface area contributed by atoms with Gasteiger partial charge in [0.15, 0.2) is 5.65 Å². The van der Waals surface area contributed by atoms with E-state index >= 15 is 0 Å². The average molecular weight is 422 g/mol. The third kappa shape index (κ3) is 2.81. The van der Waals surface area contributed by atoms with E-state index in [1.807, 2.05) is 30.3 Å². The van der Waals surface area contributed by atoms with Gasteiger partial charge in [-0.2, -0.15) is 18.3 Å². The number of fused-ring (bicyclic) bond motifs is 3. The van der Waals surface area contributed by atoms with E-state index in [9.17, 15) is 22.8 Å². The van der Waals surface area contributed by atoms with Crippen LogP contribution in [-0.2, 0) is 6.18 Å². The number of pyridine rings is 1. The Labute approximate surface area is 173 Å². The van der Waals surface area contributed by atoms with Crippen molar-refractivity contribution in [3.05, 3.63) is 83.2 Å². The molecule has 2 aromatic heterocycles. The molecule has 31 heavy (non-hydrogen) atoms. The summed E-state index contributed by atoms with van der Waals surface area (Å²) in [6, 6.07) is 13.3. The molecular formula is C22H13F3N4O2. The summed E-state index contributed by atoms with van der Waals surface area (Å²) in [5, 5.41) is 4.86. The van der Waals surface area contributed by atoms with E-state index in [0.29, 0.717) is 16.7 Å². The quantitative estimate of drug-likeness (QED) is 0.445. The summed E-state index contributed by atoms with van der Waals surface area (Å²) in [5.74, 6) is -1.43. The standard InChI is InChI=1S/C22H13F3N4O2/c1-12-17-18-16(11-26-19(17)29(27-12)14-7-3-2-4-8-14)20(30)28(21(18)31)15-9-5-6-13(10-15)22(23,24)25/h2-11H,1H3. The summed E-state index contributed by atoms with van der Waals surface area (Å²) in [5.41, 5.74) is 0.613. The number of nitrogens with zero attached hydrogens (tertiary/aromatic N) is 4. The van der Waals surface area contributed by atoms with Crippen LogP contribution in [0.3, 0.4) is 0 Å². The van der Waals surface area contributed by atoms with Crippen molar-refractivity contribution < 1.29 is 22.8 Å². The molecule has 0 atom stereocenters. The number of amides is 2. The van der Waals surface area contributed by atoms with Gasteiger partial charge in [0.2, 0.25) is 0 Å². The number of anilines is 1. The van der Waals surface area contributed by atoms with Gasteiger partial charge in [-0.25, -0.2) is 14.6 Å². The molecule has 154 valence electrons. The Morgan fingerprint density at radius 3 is 2.32 bits per heavy atom. The molecule has 0 spiro atoms. The number of hydrogen-bond donors (Lipinski definition) is 0. The number of para-hydroxylation sites is 1. The number of hydrogen-bond acceptors (Lipinski definition) is 4. The fourth-order valence-electron chi connectivity index (χ4n) is 3.77. The number of alkyl halides is 3. The van der Waals surface area contributed by atoms with Crippen molar-refractivity contribution >= 4 is 28.5 Å². The predicted octanol–water partition coefficient (Wildman–Crippen LogP) is 4.55. The maximum Gasteiger partial charge on any atom is 0.416 e. The molecule has 0 saturated heterocycles. The number of aryl methyl sites for hydroxylation is 1. The largest absolute Gasteiger partial charge is 0.416 e. The number of benzene rings is 2. The topological polar surface area (TPSA) is 68.1 Å². The lowest BCUT2D eigenvalue weighted by Crippen LogP contribution is -2.29. The first kappa shape index (κ1) is 19.0. The molecule has 0 fully saturated rings. The van der Waals surface area contributed by atoms with Crippen LogP contribution in [0.5, 0.6) is 0 Å². The molecule has 6 nitrogen and oxygen atoms in total. The summed E-state index contributed by atoms with van der Waals surface area (Å²) in [4.78, 5) is 31.3. The second kappa shape index (κ2) is 6.49. The Kier molecular flexibility index (Phi) is 3.98. The summed E-state index contributed by atoms with van der Waals surface area (Å²) in [6.45, 7) is 1.69. The van der Waals surface area contributed by atoms with Crippen LogP contribution in [0.2, 0.25) is 0 Å².